The van der Waals surface area contributed by atoms with Crippen molar-refractivity contribution in [2.24, 2.45) is 0 Å². The number of benzene rings is 2. The maximum Gasteiger partial charge on any atom is 0.408 e. The van der Waals surface area contributed by atoms with E-state index in [2.05, 4.69) is 5.32 Å². The number of phenolic OH excluding ortho intramolecular Hbond substituents is 1. The quantitative estimate of drug-likeness (QED) is 0.529. The van der Waals surface area contributed by atoms with Crippen LogP contribution in [0.2, 0.25) is 0 Å². The van der Waals surface area contributed by atoms with E-state index in [1.165, 1.54) is 12.1 Å². The van der Waals surface area contributed by atoms with Gasteiger partial charge in [0.25, 0.3) is 0 Å². The Morgan fingerprint density at radius 1 is 1.00 bits per heavy atom. The summed E-state index contributed by atoms with van der Waals surface area (Å²) in [6, 6.07) is 14.8. The van der Waals surface area contributed by atoms with Crippen LogP contribution in [0.15, 0.2) is 54.6 Å². The first-order valence-corrected chi connectivity index (χ1v) is 10.8. The van der Waals surface area contributed by atoms with Crippen LogP contribution in [0.1, 0.15) is 24.0 Å². The number of hydrogen-bond acceptors (Lipinski definition) is 6. The standard InChI is InChI=1S/C24H28N2O7/c27-19-8-6-17(7-9-19)14-21(25-24(31)33-15-18-4-2-1-3-5-18)23(30)26-12-10-20(11-13-26)32-16-22(28)29/h1-9,20-21,27H,10-16H2,(H,25,31)(H,28,29)/t21-/m0/s1. The van der Waals surface area contributed by atoms with Crippen LogP contribution in [-0.2, 0) is 32.1 Å². The summed E-state index contributed by atoms with van der Waals surface area (Å²) in [6.45, 7) is 0.516. The lowest BCUT2D eigenvalue weighted by Crippen LogP contribution is -2.52. The number of carboxylic acid groups (broad SMARTS) is 1. The normalized spacial score (nSPS) is 15.0. The van der Waals surface area contributed by atoms with Crippen LogP contribution in [0.25, 0.3) is 0 Å². The third-order valence-electron chi connectivity index (χ3n) is 5.38. The molecule has 1 atom stereocenters. The van der Waals surface area contributed by atoms with Gasteiger partial charge in [0, 0.05) is 19.5 Å². The highest BCUT2D eigenvalue weighted by Crippen LogP contribution is 2.17. The second kappa shape index (κ2) is 11.9. The Kier molecular flexibility index (Phi) is 8.65. The van der Waals surface area contributed by atoms with Crippen molar-refractivity contribution in [1.29, 1.82) is 0 Å². The Labute approximate surface area is 191 Å². The van der Waals surface area contributed by atoms with E-state index in [1.54, 1.807) is 17.0 Å². The molecule has 1 saturated heterocycles. The summed E-state index contributed by atoms with van der Waals surface area (Å²) in [5.74, 6) is -1.17. The summed E-state index contributed by atoms with van der Waals surface area (Å²) < 4.78 is 10.6. The maximum atomic E-state index is 13.2. The number of aromatic hydroxyl groups is 1. The van der Waals surface area contributed by atoms with Crippen LogP contribution >= 0.6 is 0 Å². The topological polar surface area (TPSA) is 125 Å². The van der Waals surface area contributed by atoms with Crippen molar-refractivity contribution >= 4 is 18.0 Å². The summed E-state index contributed by atoms with van der Waals surface area (Å²) in [7, 11) is 0. The second-order valence-electron chi connectivity index (χ2n) is 7.86. The molecule has 1 aliphatic heterocycles. The smallest absolute Gasteiger partial charge is 0.408 e. The van der Waals surface area contributed by atoms with E-state index < -0.39 is 18.1 Å². The Hall–Kier alpha value is -3.59. The van der Waals surface area contributed by atoms with E-state index in [9.17, 15) is 19.5 Å². The molecule has 1 aliphatic rings. The molecule has 0 aliphatic carbocycles. The molecule has 2 amide bonds. The molecule has 1 fully saturated rings. The Bertz CT molecular complexity index is 926. The minimum Gasteiger partial charge on any atom is -0.508 e. The molecular formula is C24H28N2O7. The number of nitrogens with one attached hydrogen (secondary N) is 1. The van der Waals surface area contributed by atoms with Gasteiger partial charge in [0.15, 0.2) is 0 Å². The van der Waals surface area contributed by atoms with Gasteiger partial charge < -0.3 is 29.9 Å². The number of hydrogen-bond donors (Lipinski definition) is 3. The minimum atomic E-state index is -1.03. The molecule has 176 valence electrons. The maximum absolute atomic E-state index is 13.2. The minimum absolute atomic E-state index is 0.0824. The molecule has 0 saturated carbocycles. The summed E-state index contributed by atoms with van der Waals surface area (Å²) >= 11 is 0. The van der Waals surface area contributed by atoms with Crippen molar-refractivity contribution in [1.82, 2.24) is 10.2 Å². The van der Waals surface area contributed by atoms with Gasteiger partial charge in [-0.25, -0.2) is 9.59 Å². The van der Waals surface area contributed by atoms with Crippen LogP contribution in [0.5, 0.6) is 5.75 Å². The van der Waals surface area contributed by atoms with Crippen molar-refractivity contribution in [2.45, 2.75) is 38.0 Å². The highest BCUT2D eigenvalue weighted by Gasteiger charge is 2.30. The Balaban J connectivity index is 1.61. The molecule has 0 radical (unpaired) electrons. The van der Waals surface area contributed by atoms with E-state index >= 15 is 0 Å². The molecule has 0 unspecified atom stereocenters. The van der Waals surface area contributed by atoms with Gasteiger partial charge in [-0.1, -0.05) is 42.5 Å². The highest BCUT2D eigenvalue weighted by molar-refractivity contribution is 5.86. The number of nitrogens with zero attached hydrogens (tertiary/aromatic N) is 1. The molecule has 0 aromatic heterocycles. The first-order valence-electron chi connectivity index (χ1n) is 10.8. The zero-order valence-electron chi connectivity index (χ0n) is 18.2. The number of carbonyl (C=O) groups excluding carboxylic acids is 2. The lowest BCUT2D eigenvalue weighted by atomic mass is 10.0. The van der Waals surface area contributed by atoms with Gasteiger partial charge in [0.2, 0.25) is 5.91 Å². The van der Waals surface area contributed by atoms with Gasteiger partial charge >= 0.3 is 12.1 Å². The molecule has 33 heavy (non-hydrogen) atoms. The van der Waals surface area contributed by atoms with Crippen LogP contribution in [0.4, 0.5) is 4.79 Å². The molecule has 9 heteroatoms. The average molecular weight is 456 g/mol. The summed E-state index contributed by atoms with van der Waals surface area (Å²) in [6.07, 6.45) is 0.349. The number of phenols is 1. The first kappa shape index (κ1) is 24.1. The van der Waals surface area contributed by atoms with Gasteiger partial charge in [-0.05, 0) is 36.1 Å². The highest BCUT2D eigenvalue weighted by atomic mass is 16.5. The number of amides is 2. The molecular weight excluding hydrogens is 428 g/mol. The molecule has 2 aromatic rings. The van der Waals surface area contributed by atoms with Crippen LogP contribution in [-0.4, -0.2) is 64.9 Å². The molecule has 0 spiro atoms. The fourth-order valence-corrected chi connectivity index (χ4v) is 3.63. The number of carbonyl (C=O) groups is 3. The molecule has 0 bridgehead atoms. The predicted octanol–water partition coefficient (Wildman–Crippen LogP) is 2.32. The van der Waals surface area contributed by atoms with E-state index in [4.69, 9.17) is 14.6 Å². The lowest BCUT2D eigenvalue weighted by Gasteiger charge is -2.34. The summed E-state index contributed by atoms with van der Waals surface area (Å²) in [5.41, 5.74) is 1.60. The summed E-state index contributed by atoms with van der Waals surface area (Å²) in [4.78, 5) is 38.0. The van der Waals surface area contributed by atoms with Gasteiger partial charge in [0.05, 0.1) is 6.10 Å². The Morgan fingerprint density at radius 3 is 2.30 bits per heavy atom. The van der Waals surface area contributed by atoms with E-state index in [0.717, 1.165) is 11.1 Å². The van der Waals surface area contributed by atoms with Crippen molar-refractivity contribution in [3.63, 3.8) is 0 Å². The lowest BCUT2D eigenvalue weighted by molar-refractivity contribution is -0.147. The van der Waals surface area contributed by atoms with Crippen molar-refractivity contribution in [3.05, 3.63) is 65.7 Å². The first-order chi connectivity index (χ1) is 15.9. The zero-order valence-corrected chi connectivity index (χ0v) is 18.2. The van der Waals surface area contributed by atoms with Crippen LogP contribution in [0, 0.1) is 0 Å². The Morgan fingerprint density at radius 2 is 1.67 bits per heavy atom. The van der Waals surface area contributed by atoms with Crippen molar-refractivity contribution < 1.29 is 34.1 Å². The average Bonchev–Trinajstić information content (AvgIpc) is 2.83. The monoisotopic (exact) mass is 456 g/mol. The predicted molar refractivity (Wildman–Crippen MR) is 119 cm³/mol. The fraction of sp³-hybridized carbons (Fsp3) is 0.375. The third kappa shape index (κ3) is 7.80. The second-order valence-corrected chi connectivity index (χ2v) is 7.86. The number of carboxylic acids is 1. The summed E-state index contributed by atoms with van der Waals surface area (Å²) in [5, 5.41) is 20.9. The zero-order chi connectivity index (χ0) is 23.6. The van der Waals surface area contributed by atoms with Crippen LogP contribution in [0.3, 0.4) is 0 Å². The van der Waals surface area contributed by atoms with Gasteiger partial charge in [0.1, 0.15) is 25.0 Å². The fourth-order valence-electron chi connectivity index (χ4n) is 3.63. The van der Waals surface area contributed by atoms with E-state index in [1.807, 2.05) is 30.3 Å². The number of aliphatic carboxylic acids is 1. The molecule has 3 N–H and O–H groups in total. The number of ether oxygens (including phenoxy) is 2. The van der Waals surface area contributed by atoms with Crippen molar-refractivity contribution in [3.8, 4) is 5.75 Å². The number of rotatable bonds is 9. The molecule has 1 heterocycles. The number of alkyl carbamates (subject to hydrolysis) is 1. The third-order valence-corrected chi connectivity index (χ3v) is 5.38. The van der Waals surface area contributed by atoms with Gasteiger partial charge in [-0.2, -0.15) is 0 Å². The van der Waals surface area contributed by atoms with Crippen molar-refractivity contribution in [2.75, 3.05) is 19.7 Å². The molecule has 2 aromatic carbocycles. The SMILES string of the molecule is O=C(O)COC1CCN(C(=O)[C@H](Cc2ccc(O)cc2)NC(=O)OCc2ccccc2)CC1. The van der Waals surface area contributed by atoms with Gasteiger partial charge in [-0.3, -0.25) is 4.79 Å². The van der Waals surface area contributed by atoms with Gasteiger partial charge in [-0.15, -0.1) is 0 Å². The largest absolute Gasteiger partial charge is 0.508 e. The van der Waals surface area contributed by atoms with E-state index in [0.29, 0.717) is 25.9 Å². The molecule has 3 rings (SSSR count). The number of likely N-dealkylation sites (tertiary alicyclic amines) is 1. The van der Waals surface area contributed by atoms with Crippen LogP contribution < -0.4 is 5.32 Å². The number of piperidine rings is 1. The van der Waals surface area contributed by atoms with E-state index in [-0.39, 0.29) is 37.4 Å². The molecule has 9 nitrogen and oxygen atoms in total.